The van der Waals surface area contributed by atoms with Crippen molar-refractivity contribution >= 4 is 16.9 Å². The van der Waals surface area contributed by atoms with Crippen LogP contribution in [0.1, 0.15) is 12.2 Å². The molecule has 0 radical (unpaired) electrons. The lowest BCUT2D eigenvalue weighted by atomic mass is 10.3. The third-order valence-corrected chi connectivity index (χ3v) is 2.47. The van der Waals surface area contributed by atoms with Crippen LogP contribution in [0.15, 0.2) is 24.3 Å². The van der Waals surface area contributed by atoms with Crippen molar-refractivity contribution < 1.29 is 4.79 Å². The van der Waals surface area contributed by atoms with Crippen molar-refractivity contribution in [3.05, 3.63) is 30.1 Å². The second-order valence-electron chi connectivity index (χ2n) is 3.54. The summed E-state index contributed by atoms with van der Waals surface area (Å²) in [6.07, 6.45) is 0.942. The van der Waals surface area contributed by atoms with Crippen LogP contribution in [-0.2, 0) is 18.3 Å². The van der Waals surface area contributed by atoms with Crippen LogP contribution in [0.4, 0.5) is 0 Å². The van der Waals surface area contributed by atoms with Gasteiger partial charge in [0.15, 0.2) is 0 Å². The maximum absolute atomic E-state index is 10.7. The van der Waals surface area contributed by atoms with Gasteiger partial charge >= 0.3 is 0 Å². The maximum Gasteiger partial charge on any atom is 0.217 e. The Labute approximate surface area is 87.7 Å². The molecule has 2 rings (SSSR count). The molecule has 1 heterocycles. The van der Waals surface area contributed by atoms with Crippen molar-refractivity contribution in [2.75, 3.05) is 0 Å². The maximum atomic E-state index is 10.7. The molecule has 0 saturated heterocycles. The van der Waals surface area contributed by atoms with E-state index < -0.39 is 0 Å². The van der Waals surface area contributed by atoms with E-state index in [0.29, 0.717) is 12.8 Å². The first-order chi connectivity index (χ1) is 7.18. The van der Waals surface area contributed by atoms with Crippen molar-refractivity contribution in [2.24, 2.45) is 12.8 Å². The molecule has 15 heavy (non-hydrogen) atoms. The Balaban J connectivity index is 2.36. The number of nitrogens with zero attached hydrogens (tertiary/aromatic N) is 2. The van der Waals surface area contributed by atoms with Gasteiger partial charge in [0.2, 0.25) is 5.91 Å². The van der Waals surface area contributed by atoms with Crippen LogP contribution in [0.25, 0.3) is 11.0 Å². The van der Waals surface area contributed by atoms with E-state index in [0.717, 1.165) is 16.9 Å². The van der Waals surface area contributed by atoms with Crippen LogP contribution < -0.4 is 5.73 Å². The quantitative estimate of drug-likeness (QED) is 0.808. The van der Waals surface area contributed by atoms with Crippen molar-refractivity contribution in [3.8, 4) is 0 Å². The summed E-state index contributed by atoms with van der Waals surface area (Å²) in [4.78, 5) is 15.1. The standard InChI is InChI=1S/C11H13N3O/c1-14-9-5-3-2-4-8(9)13-11(14)7-6-10(12)15/h2-5H,6-7H2,1H3,(H2,12,15). The summed E-state index contributed by atoms with van der Waals surface area (Å²) in [6, 6.07) is 7.90. The van der Waals surface area contributed by atoms with Crippen LogP contribution in [0.2, 0.25) is 0 Å². The Morgan fingerprint density at radius 2 is 2.20 bits per heavy atom. The molecule has 0 aliphatic carbocycles. The highest BCUT2D eigenvalue weighted by Crippen LogP contribution is 2.14. The summed E-state index contributed by atoms with van der Waals surface area (Å²) in [5.41, 5.74) is 7.15. The molecular formula is C11H13N3O. The summed E-state index contributed by atoms with van der Waals surface area (Å²) in [5, 5.41) is 0. The molecule has 0 fully saturated rings. The molecule has 2 N–H and O–H groups in total. The summed E-state index contributed by atoms with van der Waals surface area (Å²) in [6.45, 7) is 0. The third kappa shape index (κ3) is 1.83. The van der Waals surface area contributed by atoms with Gasteiger partial charge in [0.1, 0.15) is 5.82 Å². The SMILES string of the molecule is Cn1c(CCC(N)=O)nc2ccccc21. The van der Waals surface area contributed by atoms with Crippen molar-refractivity contribution in [3.63, 3.8) is 0 Å². The molecule has 1 amide bonds. The van der Waals surface area contributed by atoms with E-state index in [-0.39, 0.29) is 5.91 Å². The van der Waals surface area contributed by atoms with Gasteiger partial charge in [0.05, 0.1) is 11.0 Å². The van der Waals surface area contributed by atoms with E-state index in [4.69, 9.17) is 5.73 Å². The third-order valence-electron chi connectivity index (χ3n) is 2.47. The molecule has 0 bridgehead atoms. The van der Waals surface area contributed by atoms with Gasteiger partial charge in [-0.05, 0) is 12.1 Å². The Hall–Kier alpha value is -1.84. The molecule has 1 aromatic carbocycles. The molecular weight excluding hydrogens is 190 g/mol. The molecule has 0 atom stereocenters. The van der Waals surface area contributed by atoms with Gasteiger partial charge in [-0.25, -0.2) is 4.98 Å². The van der Waals surface area contributed by atoms with Gasteiger partial charge in [-0.1, -0.05) is 12.1 Å². The number of para-hydroxylation sites is 2. The number of fused-ring (bicyclic) bond motifs is 1. The Bertz CT molecular complexity index is 502. The lowest BCUT2D eigenvalue weighted by molar-refractivity contribution is -0.118. The first-order valence-electron chi connectivity index (χ1n) is 4.87. The normalized spacial score (nSPS) is 10.7. The van der Waals surface area contributed by atoms with Crippen molar-refractivity contribution in [2.45, 2.75) is 12.8 Å². The predicted molar refractivity (Wildman–Crippen MR) is 58.2 cm³/mol. The Morgan fingerprint density at radius 3 is 2.87 bits per heavy atom. The Morgan fingerprint density at radius 1 is 1.47 bits per heavy atom. The number of hydrogen-bond donors (Lipinski definition) is 1. The number of aromatic nitrogens is 2. The second kappa shape index (κ2) is 3.73. The first kappa shape index (κ1) is 9.71. The number of benzene rings is 1. The molecule has 0 aliphatic rings. The monoisotopic (exact) mass is 203 g/mol. The number of primary amides is 1. The van der Waals surface area contributed by atoms with Crippen LogP contribution in [0.5, 0.6) is 0 Å². The molecule has 0 saturated carbocycles. The molecule has 4 heteroatoms. The van der Waals surface area contributed by atoms with Crippen LogP contribution in [0.3, 0.4) is 0 Å². The summed E-state index contributed by atoms with van der Waals surface area (Å²) in [7, 11) is 1.95. The molecule has 0 spiro atoms. The van der Waals surface area contributed by atoms with E-state index in [9.17, 15) is 4.79 Å². The van der Waals surface area contributed by atoms with Gasteiger partial charge in [-0.2, -0.15) is 0 Å². The number of carbonyl (C=O) groups is 1. The van der Waals surface area contributed by atoms with Gasteiger partial charge in [-0.15, -0.1) is 0 Å². The average Bonchev–Trinajstić information content (AvgIpc) is 2.54. The number of hydrogen-bond acceptors (Lipinski definition) is 2. The molecule has 2 aromatic rings. The van der Waals surface area contributed by atoms with Crippen LogP contribution in [-0.4, -0.2) is 15.5 Å². The predicted octanol–water partition coefficient (Wildman–Crippen LogP) is 0.991. The number of rotatable bonds is 3. The topological polar surface area (TPSA) is 60.9 Å². The lowest BCUT2D eigenvalue weighted by Gasteiger charge is -1.99. The highest BCUT2D eigenvalue weighted by atomic mass is 16.1. The van der Waals surface area contributed by atoms with Gasteiger partial charge < -0.3 is 10.3 Å². The molecule has 0 aliphatic heterocycles. The smallest absolute Gasteiger partial charge is 0.217 e. The highest BCUT2D eigenvalue weighted by molar-refractivity contribution is 5.76. The van der Waals surface area contributed by atoms with Crippen molar-refractivity contribution in [1.29, 1.82) is 0 Å². The van der Waals surface area contributed by atoms with Gasteiger partial charge in [-0.3, -0.25) is 4.79 Å². The minimum Gasteiger partial charge on any atom is -0.370 e. The molecule has 1 aromatic heterocycles. The summed E-state index contributed by atoms with van der Waals surface area (Å²) < 4.78 is 2.00. The number of carbonyl (C=O) groups excluding carboxylic acids is 1. The molecule has 4 nitrogen and oxygen atoms in total. The van der Waals surface area contributed by atoms with E-state index in [1.165, 1.54) is 0 Å². The number of aryl methyl sites for hydroxylation is 2. The zero-order valence-corrected chi connectivity index (χ0v) is 8.60. The van der Waals surface area contributed by atoms with E-state index >= 15 is 0 Å². The highest BCUT2D eigenvalue weighted by Gasteiger charge is 2.07. The average molecular weight is 203 g/mol. The van der Waals surface area contributed by atoms with Crippen LogP contribution in [0, 0.1) is 0 Å². The first-order valence-corrected chi connectivity index (χ1v) is 4.87. The van der Waals surface area contributed by atoms with Gasteiger partial charge in [0.25, 0.3) is 0 Å². The number of imidazole rings is 1. The van der Waals surface area contributed by atoms with E-state index in [2.05, 4.69) is 4.98 Å². The summed E-state index contributed by atoms with van der Waals surface area (Å²) in [5.74, 6) is 0.608. The van der Waals surface area contributed by atoms with Crippen LogP contribution >= 0.6 is 0 Å². The largest absolute Gasteiger partial charge is 0.370 e. The fraction of sp³-hybridized carbons (Fsp3) is 0.273. The second-order valence-corrected chi connectivity index (χ2v) is 3.54. The molecule has 0 unspecified atom stereocenters. The van der Waals surface area contributed by atoms with E-state index in [1.54, 1.807) is 0 Å². The Kier molecular flexibility index (Phi) is 2.41. The fourth-order valence-electron chi connectivity index (χ4n) is 1.65. The van der Waals surface area contributed by atoms with Crippen molar-refractivity contribution in [1.82, 2.24) is 9.55 Å². The molecule has 78 valence electrons. The zero-order chi connectivity index (χ0) is 10.8. The zero-order valence-electron chi connectivity index (χ0n) is 8.60. The fourth-order valence-corrected chi connectivity index (χ4v) is 1.65. The minimum absolute atomic E-state index is 0.290. The number of amides is 1. The lowest BCUT2D eigenvalue weighted by Crippen LogP contribution is -2.12. The van der Waals surface area contributed by atoms with Gasteiger partial charge in [0, 0.05) is 19.9 Å². The summed E-state index contributed by atoms with van der Waals surface area (Å²) >= 11 is 0. The minimum atomic E-state index is -0.290. The van der Waals surface area contributed by atoms with E-state index in [1.807, 2.05) is 35.9 Å². The number of nitrogens with two attached hydrogens (primary N) is 1.